The molecule has 1 aliphatic heterocycles. The average molecular weight is 566 g/mol. The van der Waals surface area contributed by atoms with Crippen LogP contribution in [0.4, 0.5) is 0 Å². The fourth-order valence-electron chi connectivity index (χ4n) is 4.41. The van der Waals surface area contributed by atoms with Gasteiger partial charge in [-0.15, -0.1) is 0 Å². The lowest BCUT2D eigenvalue weighted by Gasteiger charge is -2.46. The molecule has 1 heterocycles. The Morgan fingerprint density at radius 2 is 1.95 bits per heavy atom. The van der Waals surface area contributed by atoms with Crippen LogP contribution < -0.4 is 27.8 Å². The first-order chi connectivity index (χ1) is 18.7. The van der Waals surface area contributed by atoms with Gasteiger partial charge in [-0.25, -0.2) is 0 Å². The van der Waals surface area contributed by atoms with E-state index in [1.54, 1.807) is 6.92 Å². The lowest BCUT2D eigenvalue weighted by atomic mass is 9.83. The molecule has 1 aliphatic carbocycles. The molecular weight excluding hydrogens is 518 g/mol. The summed E-state index contributed by atoms with van der Waals surface area (Å²) < 4.78 is 23.4. The zero-order chi connectivity index (χ0) is 28.9. The molecule has 0 aromatic heterocycles. The van der Waals surface area contributed by atoms with Gasteiger partial charge >= 0.3 is 0 Å². The van der Waals surface area contributed by atoms with Crippen LogP contribution in [0.25, 0.3) is 0 Å². The van der Waals surface area contributed by atoms with Crippen molar-refractivity contribution >= 4 is 5.91 Å². The summed E-state index contributed by atoms with van der Waals surface area (Å²) in [5.41, 5.74) is 18.0. The highest BCUT2D eigenvalue weighted by atomic mass is 16.7. The lowest BCUT2D eigenvalue weighted by Crippen LogP contribution is -2.67. The first-order valence-corrected chi connectivity index (χ1v) is 13.4. The lowest BCUT2D eigenvalue weighted by molar-refractivity contribution is -0.270. The van der Waals surface area contributed by atoms with Crippen molar-refractivity contribution in [1.29, 1.82) is 0 Å². The van der Waals surface area contributed by atoms with E-state index in [-0.39, 0.29) is 45.6 Å². The summed E-state index contributed by atoms with van der Waals surface area (Å²) >= 11 is 0. The zero-order valence-electron chi connectivity index (χ0n) is 22.4. The second-order valence-electron chi connectivity index (χ2n) is 9.69. The maximum absolute atomic E-state index is 12.6. The second-order valence-corrected chi connectivity index (χ2v) is 9.69. The van der Waals surface area contributed by atoms with Crippen LogP contribution in [-0.4, -0.2) is 132 Å². The Kier molecular flexibility index (Phi) is 15.0. The van der Waals surface area contributed by atoms with Crippen LogP contribution in [0.1, 0.15) is 32.6 Å². The van der Waals surface area contributed by atoms with Gasteiger partial charge in [0.25, 0.3) is 0 Å². The van der Waals surface area contributed by atoms with Gasteiger partial charge < -0.3 is 72.3 Å². The number of carbonyl (C=O) groups excluding carboxylic acids is 1. The molecule has 1 fully saturated rings. The predicted octanol–water partition coefficient (Wildman–Crippen LogP) is -4.31. The van der Waals surface area contributed by atoms with Crippen molar-refractivity contribution < 1.29 is 49.3 Å². The van der Waals surface area contributed by atoms with E-state index in [0.29, 0.717) is 25.3 Å². The molecule has 10 atom stereocenters. The van der Waals surface area contributed by atoms with Gasteiger partial charge in [0, 0.05) is 12.6 Å². The molecule has 15 nitrogen and oxygen atoms in total. The summed E-state index contributed by atoms with van der Waals surface area (Å²) in [6, 6.07) is -2.25. The van der Waals surface area contributed by atoms with Gasteiger partial charge in [-0.05, 0) is 38.3 Å². The Morgan fingerprint density at radius 1 is 1.21 bits per heavy atom. The summed E-state index contributed by atoms with van der Waals surface area (Å²) in [7, 11) is 0. The zero-order valence-corrected chi connectivity index (χ0v) is 22.4. The summed E-state index contributed by atoms with van der Waals surface area (Å²) in [4.78, 5) is 12.6. The number of nitrogens with one attached hydrogen (secondary N) is 2. The van der Waals surface area contributed by atoms with Crippen LogP contribution in [0.15, 0.2) is 11.8 Å². The van der Waals surface area contributed by atoms with Crippen molar-refractivity contribution in [3.63, 3.8) is 0 Å². The van der Waals surface area contributed by atoms with E-state index in [2.05, 4.69) is 10.6 Å². The first-order valence-electron chi connectivity index (χ1n) is 13.4. The summed E-state index contributed by atoms with van der Waals surface area (Å²) in [5, 5.41) is 55.8. The molecule has 0 unspecified atom stereocenters. The number of ether oxygens (including phenoxy) is 4. The molecule has 0 bridgehead atoms. The third kappa shape index (κ3) is 10.1. The molecule has 15 heteroatoms. The van der Waals surface area contributed by atoms with E-state index < -0.39 is 67.1 Å². The Bertz CT molecular complexity index is 750. The molecule has 1 amide bonds. The van der Waals surface area contributed by atoms with E-state index >= 15 is 0 Å². The Morgan fingerprint density at radius 3 is 2.59 bits per heavy atom. The maximum atomic E-state index is 12.6. The molecule has 0 radical (unpaired) electrons. The van der Waals surface area contributed by atoms with Crippen molar-refractivity contribution in [1.82, 2.24) is 10.6 Å². The molecule has 228 valence electrons. The molecule has 2 rings (SSSR count). The third-order valence-electron chi connectivity index (χ3n) is 6.60. The average Bonchev–Trinajstić information content (AvgIpc) is 2.91. The van der Waals surface area contributed by atoms with Crippen LogP contribution in [0.2, 0.25) is 0 Å². The first kappa shape index (κ1) is 33.7. The highest BCUT2D eigenvalue weighted by Gasteiger charge is 2.48. The molecule has 1 saturated carbocycles. The molecule has 0 aromatic rings. The normalized spacial score (nSPS) is 31.6. The topological polar surface area (TPSA) is 257 Å². The number of hydrogen-bond acceptors (Lipinski definition) is 14. The number of aliphatic hydroxyl groups excluding tert-OH is 5. The van der Waals surface area contributed by atoms with Crippen LogP contribution in [0, 0.1) is 0 Å². The largest absolute Gasteiger partial charge is 0.467 e. The van der Waals surface area contributed by atoms with E-state index in [9.17, 15) is 25.2 Å². The SMILES string of the molecule is CC[C@@H](O)[C@H](OCCO)O[C@@H]1[C@@H](O)[C@H](O[C@H]2OC(CNCCO)=CC[C@H]2N)[C@@H](N)C[C@H]1NC(=O)[C@H](O)CCN. The van der Waals surface area contributed by atoms with E-state index in [0.717, 1.165) is 0 Å². The highest BCUT2D eigenvalue weighted by Crippen LogP contribution is 2.29. The summed E-state index contributed by atoms with van der Waals surface area (Å²) in [6.07, 6.45) is -5.75. The standard InChI is InChI=1S/C24H47N5O10/c1-2-17(32)24(36-10-9-31)39-21-16(29-22(35)18(33)5-6-25)11-15(27)20(19(21)34)38-23-14(26)4-3-13(37-23)12-28-7-8-30/h3,14-21,23-24,28,30-34H,2,4-12,25-27H2,1H3,(H,29,35)/t14-,15+,16-,17-,18-,19+,20-,21+,23-,24-/m1/s1. The second kappa shape index (κ2) is 17.4. The quantitative estimate of drug-likeness (QED) is 0.0591. The molecule has 2 aliphatic rings. The summed E-state index contributed by atoms with van der Waals surface area (Å²) in [6.45, 7) is 2.01. The number of nitrogens with two attached hydrogens (primary N) is 3. The van der Waals surface area contributed by atoms with Crippen LogP contribution in [0.3, 0.4) is 0 Å². The smallest absolute Gasteiger partial charge is 0.249 e. The molecule has 0 saturated heterocycles. The van der Waals surface area contributed by atoms with Crippen molar-refractivity contribution in [2.45, 2.75) is 93.8 Å². The van der Waals surface area contributed by atoms with E-state index in [1.165, 1.54) is 0 Å². The maximum Gasteiger partial charge on any atom is 0.249 e. The van der Waals surface area contributed by atoms with Crippen molar-refractivity contribution in [3.05, 3.63) is 11.8 Å². The van der Waals surface area contributed by atoms with E-state index in [4.69, 9.17) is 41.3 Å². The fraction of sp³-hybridized carbons (Fsp3) is 0.875. The molecule has 13 N–H and O–H groups in total. The molecule has 0 spiro atoms. The number of carbonyl (C=O) groups is 1. The molecule has 39 heavy (non-hydrogen) atoms. The summed E-state index contributed by atoms with van der Waals surface area (Å²) in [5.74, 6) is -0.158. The van der Waals surface area contributed by atoms with Crippen LogP contribution >= 0.6 is 0 Å². The number of hydrogen-bond donors (Lipinski definition) is 10. The van der Waals surface area contributed by atoms with Gasteiger partial charge in [0.05, 0.1) is 38.4 Å². The number of aliphatic hydroxyl groups is 5. The van der Waals surface area contributed by atoms with Gasteiger partial charge in [0.15, 0.2) is 6.29 Å². The Labute approximate surface area is 228 Å². The fourth-order valence-corrected chi connectivity index (χ4v) is 4.41. The Hall–Kier alpha value is -1.47. The number of amides is 1. The van der Waals surface area contributed by atoms with E-state index in [1.807, 2.05) is 6.08 Å². The third-order valence-corrected chi connectivity index (χ3v) is 6.60. The van der Waals surface area contributed by atoms with Crippen molar-refractivity contribution in [2.75, 3.05) is 39.5 Å². The monoisotopic (exact) mass is 565 g/mol. The van der Waals surface area contributed by atoms with Gasteiger partial charge in [0.1, 0.15) is 36.3 Å². The van der Waals surface area contributed by atoms with Crippen LogP contribution in [0.5, 0.6) is 0 Å². The minimum Gasteiger partial charge on any atom is -0.467 e. The minimum atomic E-state index is -1.44. The predicted molar refractivity (Wildman–Crippen MR) is 139 cm³/mol. The molecular formula is C24H47N5O10. The Balaban J connectivity index is 2.23. The number of rotatable bonds is 17. The highest BCUT2D eigenvalue weighted by molar-refractivity contribution is 5.80. The van der Waals surface area contributed by atoms with Crippen molar-refractivity contribution in [2.24, 2.45) is 17.2 Å². The van der Waals surface area contributed by atoms with Gasteiger partial charge in [0.2, 0.25) is 12.2 Å². The van der Waals surface area contributed by atoms with Gasteiger partial charge in [-0.1, -0.05) is 6.92 Å². The van der Waals surface area contributed by atoms with Gasteiger partial charge in [-0.2, -0.15) is 0 Å². The minimum absolute atomic E-state index is 0.0289. The molecule has 0 aromatic carbocycles. The van der Waals surface area contributed by atoms with Gasteiger partial charge in [-0.3, -0.25) is 4.79 Å². The van der Waals surface area contributed by atoms with Crippen molar-refractivity contribution in [3.8, 4) is 0 Å². The van der Waals surface area contributed by atoms with Crippen LogP contribution in [-0.2, 0) is 23.7 Å².